The first-order valence-electron chi connectivity index (χ1n) is 6.82. The first kappa shape index (κ1) is 11.6. The molecule has 1 aromatic rings. The largest absolute Gasteiger partial charge is 0.313 e. The van der Waals surface area contributed by atoms with Crippen molar-refractivity contribution in [1.29, 1.82) is 0 Å². The molecule has 17 heavy (non-hydrogen) atoms. The van der Waals surface area contributed by atoms with Crippen LogP contribution in [0.4, 0.5) is 0 Å². The van der Waals surface area contributed by atoms with E-state index in [9.17, 15) is 0 Å². The molecule has 0 aromatic heterocycles. The summed E-state index contributed by atoms with van der Waals surface area (Å²) in [6.45, 7) is 1.19. The molecule has 1 nitrogen and oxygen atoms in total. The normalized spacial score (nSPS) is 23.5. The molecular formula is C15H20ClN. The molecule has 0 amide bonds. The van der Waals surface area contributed by atoms with Crippen molar-refractivity contribution in [2.24, 2.45) is 5.92 Å². The lowest BCUT2D eigenvalue weighted by Gasteiger charge is -2.26. The topological polar surface area (TPSA) is 12.0 Å². The lowest BCUT2D eigenvalue weighted by atomic mass is 9.83. The third-order valence-corrected chi connectivity index (χ3v) is 4.55. The van der Waals surface area contributed by atoms with Gasteiger partial charge in [-0.05, 0) is 55.0 Å². The molecule has 3 rings (SSSR count). The van der Waals surface area contributed by atoms with Gasteiger partial charge in [-0.1, -0.05) is 36.9 Å². The number of rotatable bonds is 4. The fourth-order valence-electron chi connectivity index (χ4n) is 3.00. The van der Waals surface area contributed by atoms with E-state index in [4.69, 9.17) is 11.6 Å². The monoisotopic (exact) mass is 249 g/mol. The van der Waals surface area contributed by atoms with E-state index in [1.165, 1.54) is 49.8 Å². The molecule has 1 saturated carbocycles. The van der Waals surface area contributed by atoms with E-state index in [0.717, 1.165) is 17.4 Å². The maximum Gasteiger partial charge on any atom is 0.0408 e. The van der Waals surface area contributed by atoms with Crippen molar-refractivity contribution < 1.29 is 0 Å². The summed E-state index contributed by atoms with van der Waals surface area (Å²) in [5.74, 6) is 1.01. The van der Waals surface area contributed by atoms with Crippen LogP contribution in [0.1, 0.15) is 36.8 Å². The van der Waals surface area contributed by atoms with Gasteiger partial charge >= 0.3 is 0 Å². The molecule has 2 heteroatoms. The second-order valence-corrected chi connectivity index (χ2v) is 5.99. The van der Waals surface area contributed by atoms with Gasteiger partial charge in [-0.15, -0.1) is 0 Å². The predicted octanol–water partition coefficient (Wildman–Crippen LogP) is 3.59. The molecule has 1 N–H and O–H groups in total. The van der Waals surface area contributed by atoms with E-state index in [1.54, 1.807) is 0 Å². The van der Waals surface area contributed by atoms with E-state index < -0.39 is 0 Å². The van der Waals surface area contributed by atoms with Gasteiger partial charge in [-0.25, -0.2) is 0 Å². The van der Waals surface area contributed by atoms with Gasteiger partial charge < -0.3 is 5.32 Å². The van der Waals surface area contributed by atoms with Crippen molar-refractivity contribution in [2.45, 2.75) is 44.6 Å². The van der Waals surface area contributed by atoms with E-state index in [1.807, 2.05) is 6.07 Å². The standard InChI is InChI=1S/C15H20ClN/c16-14-5-4-12-9-15(10-13(12)8-14)17-7-6-11-2-1-3-11/h4-5,8,11,15,17H,1-3,6-7,9-10H2. The zero-order valence-corrected chi connectivity index (χ0v) is 11.0. The van der Waals surface area contributed by atoms with Gasteiger partial charge in [0, 0.05) is 11.1 Å². The van der Waals surface area contributed by atoms with Crippen LogP contribution in [-0.2, 0) is 12.8 Å². The Hall–Kier alpha value is -0.530. The second-order valence-electron chi connectivity index (χ2n) is 5.56. The van der Waals surface area contributed by atoms with Crippen LogP contribution in [0.15, 0.2) is 18.2 Å². The number of fused-ring (bicyclic) bond motifs is 1. The van der Waals surface area contributed by atoms with Gasteiger partial charge in [0.2, 0.25) is 0 Å². The minimum atomic E-state index is 0.642. The molecule has 1 fully saturated rings. The SMILES string of the molecule is Clc1ccc2c(c1)CC(NCCC1CCC1)C2. The summed E-state index contributed by atoms with van der Waals surface area (Å²) >= 11 is 6.02. The molecule has 2 aliphatic rings. The van der Waals surface area contributed by atoms with E-state index in [2.05, 4.69) is 17.4 Å². The van der Waals surface area contributed by atoms with Crippen LogP contribution in [0.3, 0.4) is 0 Å². The number of hydrogen-bond donors (Lipinski definition) is 1. The molecule has 0 saturated heterocycles. The van der Waals surface area contributed by atoms with Gasteiger partial charge in [0.25, 0.3) is 0 Å². The van der Waals surface area contributed by atoms with E-state index in [-0.39, 0.29) is 0 Å². The molecule has 1 aromatic carbocycles. The Balaban J connectivity index is 1.48. The molecule has 0 heterocycles. The number of benzene rings is 1. The van der Waals surface area contributed by atoms with Gasteiger partial charge in [0.1, 0.15) is 0 Å². The van der Waals surface area contributed by atoms with Crippen molar-refractivity contribution in [1.82, 2.24) is 5.32 Å². The van der Waals surface area contributed by atoms with Crippen LogP contribution >= 0.6 is 11.6 Å². The Labute approximate surface area is 109 Å². The van der Waals surface area contributed by atoms with Crippen molar-refractivity contribution in [3.63, 3.8) is 0 Å². The third kappa shape index (κ3) is 2.66. The smallest absolute Gasteiger partial charge is 0.0408 e. The number of nitrogens with one attached hydrogen (secondary N) is 1. The van der Waals surface area contributed by atoms with Crippen molar-refractivity contribution in [3.05, 3.63) is 34.3 Å². The van der Waals surface area contributed by atoms with Crippen molar-refractivity contribution >= 4 is 11.6 Å². The zero-order chi connectivity index (χ0) is 11.7. The van der Waals surface area contributed by atoms with Crippen molar-refractivity contribution in [2.75, 3.05) is 6.54 Å². The summed E-state index contributed by atoms with van der Waals surface area (Å²) in [7, 11) is 0. The highest BCUT2D eigenvalue weighted by atomic mass is 35.5. The molecule has 0 bridgehead atoms. The van der Waals surface area contributed by atoms with E-state index in [0.29, 0.717) is 6.04 Å². The second kappa shape index (κ2) is 4.99. The first-order chi connectivity index (χ1) is 8.31. The molecular weight excluding hydrogens is 230 g/mol. The highest BCUT2D eigenvalue weighted by molar-refractivity contribution is 6.30. The Morgan fingerprint density at radius 3 is 2.76 bits per heavy atom. The Morgan fingerprint density at radius 2 is 2.00 bits per heavy atom. The number of hydrogen-bond acceptors (Lipinski definition) is 1. The molecule has 0 spiro atoms. The van der Waals surface area contributed by atoms with Crippen LogP contribution in [-0.4, -0.2) is 12.6 Å². The molecule has 0 radical (unpaired) electrons. The summed E-state index contributed by atoms with van der Waals surface area (Å²) in [6, 6.07) is 6.97. The van der Waals surface area contributed by atoms with Gasteiger partial charge in [-0.3, -0.25) is 0 Å². The highest BCUT2D eigenvalue weighted by Gasteiger charge is 2.22. The predicted molar refractivity (Wildman–Crippen MR) is 72.6 cm³/mol. The lowest BCUT2D eigenvalue weighted by molar-refractivity contribution is 0.287. The average molecular weight is 250 g/mol. The van der Waals surface area contributed by atoms with E-state index >= 15 is 0 Å². The van der Waals surface area contributed by atoms with Gasteiger partial charge in [0.05, 0.1) is 0 Å². The van der Waals surface area contributed by atoms with Crippen molar-refractivity contribution in [3.8, 4) is 0 Å². The summed E-state index contributed by atoms with van der Waals surface area (Å²) < 4.78 is 0. The van der Waals surface area contributed by atoms with Crippen LogP contribution in [0.25, 0.3) is 0 Å². The zero-order valence-electron chi connectivity index (χ0n) is 10.2. The lowest BCUT2D eigenvalue weighted by Crippen LogP contribution is -2.32. The van der Waals surface area contributed by atoms with Crippen LogP contribution in [0, 0.1) is 5.92 Å². The molecule has 2 aliphatic carbocycles. The number of halogens is 1. The minimum absolute atomic E-state index is 0.642. The summed E-state index contributed by atoms with van der Waals surface area (Å²) in [5.41, 5.74) is 2.93. The van der Waals surface area contributed by atoms with Crippen LogP contribution in [0.2, 0.25) is 5.02 Å². The van der Waals surface area contributed by atoms with Gasteiger partial charge in [-0.2, -0.15) is 0 Å². The fraction of sp³-hybridized carbons (Fsp3) is 0.600. The Morgan fingerprint density at radius 1 is 1.18 bits per heavy atom. The third-order valence-electron chi connectivity index (χ3n) is 4.31. The fourth-order valence-corrected chi connectivity index (χ4v) is 3.20. The maximum absolute atomic E-state index is 6.02. The summed E-state index contributed by atoms with van der Waals surface area (Å²) in [4.78, 5) is 0. The highest BCUT2D eigenvalue weighted by Crippen LogP contribution is 2.29. The Kier molecular flexibility index (Phi) is 3.39. The molecule has 1 unspecified atom stereocenters. The first-order valence-corrected chi connectivity index (χ1v) is 7.20. The maximum atomic E-state index is 6.02. The molecule has 0 aliphatic heterocycles. The van der Waals surface area contributed by atoms with Crippen LogP contribution in [0.5, 0.6) is 0 Å². The minimum Gasteiger partial charge on any atom is -0.313 e. The average Bonchev–Trinajstić information content (AvgIpc) is 2.63. The molecule has 92 valence electrons. The van der Waals surface area contributed by atoms with Crippen LogP contribution < -0.4 is 5.32 Å². The molecule has 1 atom stereocenters. The Bertz CT molecular complexity index is 398. The quantitative estimate of drug-likeness (QED) is 0.860. The van der Waals surface area contributed by atoms with Gasteiger partial charge in [0.15, 0.2) is 0 Å². The summed E-state index contributed by atoms with van der Waals surface area (Å²) in [5, 5.41) is 4.58. The summed E-state index contributed by atoms with van der Waals surface area (Å²) in [6.07, 6.45) is 8.08.